The smallest absolute Gasteiger partial charge is 0.433 e. The summed E-state index contributed by atoms with van der Waals surface area (Å²) in [6, 6.07) is 2.13. The molecule has 0 aliphatic carbocycles. The number of hydrogen-bond acceptors (Lipinski definition) is 5. The number of nitrogens with zero attached hydrogens (tertiary/aromatic N) is 1. The number of halogens is 3. The van der Waals surface area contributed by atoms with E-state index in [0.717, 1.165) is 17.4 Å². The molecule has 0 atom stereocenters. The van der Waals surface area contributed by atoms with Gasteiger partial charge in [-0.15, -0.1) is 11.3 Å². The summed E-state index contributed by atoms with van der Waals surface area (Å²) < 4.78 is 42.6. The van der Waals surface area contributed by atoms with Gasteiger partial charge in [-0.05, 0) is 31.5 Å². The second kappa shape index (κ2) is 6.41. The van der Waals surface area contributed by atoms with E-state index in [1.165, 1.54) is 6.07 Å². The van der Waals surface area contributed by atoms with Crippen molar-refractivity contribution in [2.24, 2.45) is 0 Å². The Kier molecular flexibility index (Phi) is 4.73. The third kappa shape index (κ3) is 3.70. The van der Waals surface area contributed by atoms with E-state index in [-0.39, 0.29) is 16.3 Å². The number of nitrogens with one attached hydrogen (secondary N) is 2. The van der Waals surface area contributed by atoms with E-state index in [1.807, 2.05) is 5.43 Å². The molecule has 0 aliphatic heterocycles. The van der Waals surface area contributed by atoms with Crippen molar-refractivity contribution in [1.29, 1.82) is 0 Å². The van der Waals surface area contributed by atoms with Crippen LogP contribution in [-0.2, 0) is 10.9 Å². The first kappa shape index (κ1) is 17.0. The average Bonchev–Trinajstić information content (AvgIpc) is 2.81. The van der Waals surface area contributed by atoms with E-state index in [1.54, 1.807) is 13.8 Å². The molecule has 0 saturated heterocycles. The van der Waals surface area contributed by atoms with Crippen LogP contribution >= 0.6 is 11.3 Å². The van der Waals surface area contributed by atoms with Gasteiger partial charge < -0.3 is 4.74 Å². The maximum absolute atomic E-state index is 12.7. The first-order valence-corrected chi connectivity index (χ1v) is 7.26. The van der Waals surface area contributed by atoms with Gasteiger partial charge >= 0.3 is 12.3 Å². The molecule has 2 N–H and O–H groups in total. The number of hydrogen-bond donors (Lipinski definition) is 2. The van der Waals surface area contributed by atoms with E-state index in [2.05, 4.69) is 15.1 Å². The van der Waals surface area contributed by atoms with Crippen molar-refractivity contribution in [3.8, 4) is 0 Å². The number of hydrazine groups is 1. The number of amides is 2. The molecule has 2 heterocycles. The molecule has 0 radical (unpaired) electrons. The predicted molar refractivity (Wildman–Crippen MR) is 77.0 cm³/mol. The molecule has 0 unspecified atom stereocenters. The Morgan fingerprint density at radius 2 is 2.00 bits per heavy atom. The third-order valence-corrected chi connectivity index (χ3v) is 4.05. The van der Waals surface area contributed by atoms with Crippen molar-refractivity contribution >= 4 is 33.6 Å². The Morgan fingerprint density at radius 3 is 2.61 bits per heavy atom. The Bertz CT molecular complexity index is 758. The van der Waals surface area contributed by atoms with Crippen molar-refractivity contribution in [3.63, 3.8) is 0 Å². The zero-order chi connectivity index (χ0) is 17.2. The van der Waals surface area contributed by atoms with Crippen LogP contribution in [-0.4, -0.2) is 23.6 Å². The summed E-state index contributed by atoms with van der Waals surface area (Å²) in [6.07, 6.45) is -5.39. The molecule has 2 aromatic heterocycles. The number of alkyl halides is 3. The van der Waals surface area contributed by atoms with Crippen LogP contribution in [0.25, 0.3) is 10.2 Å². The molecular formula is C13H12F3N3O3S. The Hall–Kier alpha value is -2.36. The highest BCUT2D eigenvalue weighted by Crippen LogP contribution is 2.34. The number of ether oxygens (including phenoxy) is 1. The standard InChI is InChI=1S/C13H12F3N3O3S/c1-3-22-12(21)19-18-10(20)9-6(2)7-4-5-8(13(14,15)16)17-11(7)23-9/h4-5H,3H2,1-2H3,(H,18,20)(H,19,21). The highest BCUT2D eigenvalue weighted by Gasteiger charge is 2.33. The van der Waals surface area contributed by atoms with Crippen molar-refractivity contribution in [3.05, 3.63) is 28.3 Å². The zero-order valence-corrected chi connectivity index (χ0v) is 12.9. The highest BCUT2D eigenvalue weighted by molar-refractivity contribution is 7.20. The SMILES string of the molecule is CCOC(=O)NNC(=O)c1sc2nc(C(F)(F)F)ccc2c1C. The van der Waals surface area contributed by atoms with Crippen molar-refractivity contribution < 1.29 is 27.5 Å². The lowest BCUT2D eigenvalue weighted by Crippen LogP contribution is -2.41. The Labute approximate surface area is 132 Å². The minimum Gasteiger partial charge on any atom is -0.449 e. The van der Waals surface area contributed by atoms with Crippen LogP contribution in [0.15, 0.2) is 12.1 Å². The molecule has 0 bridgehead atoms. The maximum atomic E-state index is 12.7. The molecular weight excluding hydrogens is 335 g/mol. The molecule has 2 rings (SSSR count). The van der Waals surface area contributed by atoms with Crippen molar-refractivity contribution in [2.45, 2.75) is 20.0 Å². The van der Waals surface area contributed by atoms with E-state index < -0.39 is 23.9 Å². The topological polar surface area (TPSA) is 80.3 Å². The van der Waals surface area contributed by atoms with Gasteiger partial charge in [-0.2, -0.15) is 13.2 Å². The molecule has 0 fully saturated rings. The number of carbonyl (C=O) groups is 2. The summed E-state index contributed by atoms with van der Waals surface area (Å²) >= 11 is 0.812. The van der Waals surface area contributed by atoms with Crippen LogP contribution in [0.5, 0.6) is 0 Å². The first-order valence-electron chi connectivity index (χ1n) is 6.44. The fourth-order valence-electron chi connectivity index (χ4n) is 1.81. The normalized spacial score (nSPS) is 11.3. The van der Waals surface area contributed by atoms with E-state index >= 15 is 0 Å². The number of aromatic nitrogens is 1. The third-order valence-electron chi connectivity index (χ3n) is 2.85. The summed E-state index contributed by atoms with van der Waals surface area (Å²) in [5.74, 6) is -0.660. The predicted octanol–water partition coefficient (Wildman–Crippen LogP) is 3.01. The van der Waals surface area contributed by atoms with Gasteiger partial charge in [-0.1, -0.05) is 0 Å². The Balaban J connectivity index is 2.26. The largest absolute Gasteiger partial charge is 0.449 e. The van der Waals surface area contributed by atoms with Crippen LogP contribution in [0.1, 0.15) is 27.9 Å². The van der Waals surface area contributed by atoms with Gasteiger partial charge in [0.1, 0.15) is 10.5 Å². The monoisotopic (exact) mass is 347 g/mol. The fraction of sp³-hybridized carbons (Fsp3) is 0.308. The average molecular weight is 347 g/mol. The highest BCUT2D eigenvalue weighted by atomic mass is 32.1. The van der Waals surface area contributed by atoms with E-state index in [9.17, 15) is 22.8 Å². The van der Waals surface area contributed by atoms with Crippen LogP contribution in [0.3, 0.4) is 0 Å². The molecule has 2 amide bonds. The molecule has 0 aromatic carbocycles. The first-order chi connectivity index (χ1) is 10.7. The van der Waals surface area contributed by atoms with E-state index in [0.29, 0.717) is 10.9 Å². The van der Waals surface area contributed by atoms with Crippen LogP contribution in [0, 0.1) is 6.92 Å². The summed E-state index contributed by atoms with van der Waals surface area (Å²) in [7, 11) is 0. The number of rotatable bonds is 2. The van der Waals surface area contributed by atoms with Gasteiger partial charge in [0.05, 0.1) is 11.5 Å². The molecule has 2 aromatic rings. The molecule has 0 saturated carbocycles. The van der Waals surface area contributed by atoms with Gasteiger partial charge in [0.15, 0.2) is 0 Å². The lowest BCUT2D eigenvalue weighted by Gasteiger charge is -2.06. The molecule has 10 heteroatoms. The van der Waals surface area contributed by atoms with Crippen LogP contribution in [0.4, 0.5) is 18.0 Å². The van der Waals surface area contributed by atoms with Gasteiger partial charge in [-0.3, -0.25) is 10.2 Å². The Morgan fingerprint density at radius 1 is 1.30 bits per heavy atom. The van der Waals surface area contributed by atoms with Crippen LogP contribution in [0.2, 0.25) is 0 Å². The molecule has 0 spiro atoms. The second-order valence-electron chi connectivity index (χ2n) is 4.40. The van der Waals surface area contributed by atoms with Crippen molar-refractivity contribution in [1.82, 2.24) is 15.8 Å². The number of fused-ring (bicyclic) bond motifs is 1. The molecule has 6 nitrogen and oxygen atoms in total. The zero-order valence-electron chi connectivity index (χ0n) is 12.1. The molecule has 23 heavy (non-hydrogen) atoms. The summed E-state index contributed by atoms with van der Waals surface area (Å²) in [5, 5.41) is 0.448. The quantitative estimate of drug-likeness (QED) is 0.819. The second-order valence-corrected chi connectivity index (χ2v) is 5.40. The summed E-state index contributed by atoms with van der Waals surface area (Å²) in [4.78, 5) is 26.9. The van der Waals surface area contributed by atoms with Crippen molar-refractivity contribution in [2.75, 3.05) is 6.61 Å². The minimum atomic E-state index is -4.56. The number of thiophene rings is 1. The van der Waals surface area contributed by atoms with Gasteiger partial charge in [-0.25, -0.2) is 15.2 Å². The lowest BCUT2D eigenvalue weighted by molar-refractivity contribution is -0.140. The maximum Gasteiger partial charge on any atom is 0.433 e. The number of aryl methyl sites for hydroxylation is 1. The summed E-state index contributed by atoms with van der Waals surface area (Å²) in [5.41, 5.74) is 3.62. The molecule has 124 valence electrons. The van der Waals surface area contributed by atoms with E-state index in [4.69, 9.17) is 0 Å². The van der Waals surface area contributed by atoms with Gasteiger partial charge in [0.25, 0.3) is 5.91 Å². The van der Waals surface area contributed by atoms with Gasteiger partial charge in [0.2, 0.25) is 0 Å². The lowest BCUT2D eigenvalue weighted by atomic mass is 10.2. The fourth-order valence-corrected chi connectivity index (χ4v) is 2.88. The minimum absolute atomic E-state index is 0.0959. The number of carbonyl (C=O) groups excluding carboxylic acids is 2. The van der Waals surface area contributed by atoms with Gasteiger partial charge in [0, 0.05) is 5.39 Å². The van der Waals surface area contributed by atoms with Crippen LogP contribution < -0.4 is 10.9 Å². The summed E-state index contributed by atoms with van der Waals surface area (Å²) in [6.45, 7) is 3.32. The number of pyridine rings is 1. The molecule has 0 aliphatic rings.